The number of benzene rings is 2. The first-order valence-corrected chi connectivity index (χ1v) is 6.52. The Morgan fingerprint density at radius 3 is 2.73 bits per heavy atom. The topological polar surface area (TPSA) is 72.2 Å². The molecule has 1 amide bonds. The van der Waals surface area contributed by atoms with Crippen molar-refractivity contribution in [3.05, 3.63) is 75.1 Å². The van der Waals surface area contributed by atoms with E-state index < -0.39 is 16.6 Å². The smallest absolute Gasteiger partial charge is 0.289 e. The molecular weight excluding hydrogens is 311 g/mol. The van der Waals surface area contributed by atoms with Gasteiger partial charge in [0, 0.05) is 17.8 Å². The summed E-state index contributed by atoms with van der Waals surface area (Å²) < 4.78 is 13.0. The second-order valence-corrected chi connectivity index (χ2v) is 4.71. The van der Waals surface area contributed by atoms with Gasteiger partial charge in [0.05, 0.1) is 4.92 Å². The Kier molecular flexibility index (Phi) is 4.85. The number of halogens is 2. The minimum absolute atomic E-state index is 0.0155. The highest BCUT2D eigenvalue weighted by Crippen LogP contribution is 2.27. The standard InChI is InChI=1S/C15H10ClFN2O3/c16-13-6-5-12(9-14(13)19(21)22)18-15(20)7-4-10-2-1-3-11(17)8-10/h1-9H,(H,18,20)/b7-4+. The molecule has 7 heteroatoms. The van der Waals surface area contributed by atoms with Crippen LogP contribution in [0.4, 0.5) is 15.8 Å². The van der Waals surface area contributed by atoms with Crippen LogP contribution in [0.15, 0.2) is 48.5 Å². The molecule has 0 fully saturated rings. The fourth-order valence-corrected chi connectivity index (χ4v) is 1.88. The molecule has 0 unspecified atom stereocenters. The van der Waals surface area contributed by atoms with Crippen molar-refractivity contribution in [2.24, 2.45) is 0 Å². The third-order valence-corrected chi connectivity index (χ3v) is 3.01. The molecule has 0 spiro atoms. The number of carbonyl (C=O) groups excluding carboxylic acids is 1. The Morgan fingerprint density at radius 1 is 1.27 bits per heavy atom. The fourth-order valence-electron chi connectivity index (χ4n) is 1.70. The number of rotatable bonds is 4. The number of nitrogens with zero attached hydrogens (tertiary/aromatic N) is 1. The number of hydrogen-bond donors (Lipinski definition) is 1. The maximum atomic E-state index is 13.0. The lowest BCUT2D eigenvalue weighted by Gasteiger charge is -2.03. The number of amides is 1. The van der Waals surface area contributed by atoms with Crippen molar-refractivity contribution in [3.8, 4) is 0 Å². The van der Waals surface area contributed by atoms with Crippen LogP contribution in [-0.4, -0.2) is 10.8 Å². The van der Waals surface area contributed by atoms with Crippen LogP contribution in [0.5, 0.6) is 0 Å². The summed E-state index contributed by atoms with van der Waals surface area (Å²) in [6, 6.07) is 9.67. The monoisotopic (exact) mass is 320 g/mol. The van der Waals surface area contributed by atoms with Gasteiger partial charge in [-0.25, -0.2) is 4.39 Å². The molecule has 0 aromatic heterocycles. The molecule has 22 heavy (non-hydrogen) atoms. The molecule has 0 heterocycles. The summed E-state index contributed by atoms with van der Waals surface area (Å²) in [4.78, 5) is 21.9. The van der Waals surface area contributed by atoms with Crippen LogP contribution < -0.4 is 5.32 Å². The van der Waals surface area contributed by atoms with E-state index in [0.717, 1.165) is 6.07 Å². The number of nitro benzene ring substituents is 1. The average Bonchev–Trinajstić information content (AvgIpc) is 2.47. The lowest BCUT2D eigenvalue weighted by atomic mass is 10.2. The van der Waals surface area contributed by atoms with Crippen molar-refractivity contribution in [1.82, 2.24) is 0 Å². The molecule has 0 radical (unpaired) electrons. The van der Waals surface area contributed by atoms with E-state index in [9.17, 15) is 19.3 Å². The van der Waals surface area contributed by atoms with Gasteiger partial charge in [-0.3, -0.25) is 14.9 Å². The van der Waals surface area contributed by atoms with Crippen LogP contribution in [0.3, 0.4) is 0 Å². The third-order valence-electron chi connectivity index (χ3n) is 2.69. The zero-order valence-electron chi connectivity index (χ0n) is 11.1. The van der Waals surface area contributed by atoms with E-state index in [2.05, 4.69) is 5.32 Å². The summed E-state index contributed by atoms with van der Waals surface area (Å²) >= 11 is 5.68. The summed E-state index contributed by atoms with van der Waals surface area (Å²) in [5, 5.41) is 13.2. The van der Waals surface area contributed by atoms with Crippen molar-refractivity contribution in [3.63, 3.8) is 0 Å². The van der Waals surface area contributed by atoms with E-state index >= 15 is 0 Å². The highest BCUT2D eigenvalue weighted by Gasteiger charge is 2.13. The van der Waals surface area contributed by atoms with Gasteiger partial charge in [0.25, 0.3) is 5.69 Å². The molecule has 1 N–H and O–H groups in total. The molecule has 5 nitrogen and oxygen atoms in total. The third kappa shape index (κ3) is 4.13. The molecule has 0 aliphatic heterocycles. The lowest BCUT2D eigenvalue weighted by Crippen LogP contribution is -2.08. The molecule has 0 bridgehead atoms. The molecular formula is C15H10ClFN2O3. The summed E-state index contributed by atoms with van der Waals surface area (Å²) in [6.45, 7) is 0. The molecule has 2 aromatic carbocycles. The SMILES string of the molecule is O=C(/C=C/c1cccc(F)c1)Nc1ccc(Cl)c([N+](=O)[O-])c1. The van der Waals surface area contributed by atoms with E-state index in [-0.39, 0.29) is 16.4 Å². The largest absolute Gasteiger partial charge is 0.322 e. The van der Waals surface area contributed by atoms with Gasteiger partial charge in [-0.2, -0.15) is 0 Å². The quantitative estimate of drug-likeness (QED) is 0.525. The van der Waals surface area contributed by atoms with Gasteiger partial charge >= 0.3 is 0 Å². The van der Waals surface area contributed by atoms with Crippen molar-refractivity contribution in [2.45, 2.75) is 0 Å². The predicted molar refractivity (Wildman–Crippen MR) is 82.2 cm³/mol. The Labute approximate surface area is 130 Å². The van der Waals surface area contributed by atoms with Gasteiger partial charge in [0.1, 0.15) is 10.8 Å². The zero-order valence-corrected chi connectivity index (χ0v) is 11.9. The number of carbonyl (C=O) groups is 1. The van der Waals surface area contributed by atoms with Gasteiger partial charge in [-0.1, -0.05) is 23.7 Å². The van der Waals surface area contributed by atoms with Crippen LogP contribution in [0.1, 0.15) is 5.56 Å². The highest BCUT2D eigenvalue weighted by molar-refractivity contribution is 6.32. The summed E-state index contributed by atoms with van der Waals surface area (Å²) in [7, 11) is 0. The van der Waals surface area contributed by atoms with Crippen LogP contribution in [0.2, 0.25) is 5.02 Å². The zero-order chi connectivity index (χ0) is 16.1. The second-order valence-electron chi connectivity index (χ2n) is 4.30. The molecule has 112 valence electrons. The van der Waals surface area contributed by atoms with Crippen molar-refractivity contribution < 1.29 is 14.1 Å². The van der Waals surface area contributed by atoms with Crippen molar-refractivity contribution >= 4 is 35.0 Å². The van der Waals surface area contributed by atoms with Gasteiger partial charge in [-0.15, -0.1) is 0 Å². The fraction of sp³-hybridized carbons (Fsp3) is 0. The maximum absolute atomic E-state index is 13.0. The van der Waals surface area contributed by atoms with Crippen LogP contribution in [0, 0.1) is 15.9 Å². The lowest BCUT2D eigenvalue weighted by molar-refractivity contribution is -0.384. The van der Waals surface area contributed by atoms with E-state index in [4.69, 9.17) is 11.6 Å². The van der Waals surface area contributed by atoms with Crippen LogP contribution in [-0.2, 0) is 4.79 Å². The minimum Gasteiger partial charge on any atom is -0.322 e. The first-order valence-electron chi connectivity index (χ1n) is 6.14. The number of anilines is 1. The second kappa shape index (κ2) is 6.82. The van der Waals surface area contributed by atoms with Gasteiger partial charge < -0.3 is 5.32 Å². The molecule has 0 saturated heterocycles. The van der Waals surface area contributed by atoms with Gasteiger partial charge in [-0.05, 0) is 35.9 Å². The molecule has 2 rings (SSSR count). The minimum atomic E-state index is -0.638. The normalized spacial score (nSPS) is 10.6. The average molecular weight is 321 g/mol. The van der Waals surface area contributed by atoms with E-state index in [1.54, 1.807) is 6.07 Å². The predicted octanol–water partition coefficient (Wildman–Crippen LogP) is 4.04. The van der Waals surface area contributed by atoms with Crippen LogP contribution >= 0.6 is 11.6 Å². The Balaban J connectivity index is 2.09. The van der Waals surface area contributed by atoms with Crippen molar-refractivity contribution in [2.75, 3.05) is 5.32 Å². The first-order chi connectivity index (χ1) is 10.5. The molecule has 0 aliphatic carbocycles. The number of hydrogen-bond acceptors (Lipinski definition) is 3. The molecule has 0 aliphatic rings. The van der Waals surface area contributed by atoms with Gasteiger partial charge in [0.2, 0.25) is 5.91 Å². The highest BCUT2D eigenvalue weighted by atomic mass is 35.5. The Hall–Kier alpha value is -2.73. The number of nitro groups is 1. The van der Waals surface area contributed by atoms with Gasteiger partial charge in [0.15, 0.2) is 0 Å². The molecule has 0 atom stereocenters. The molecule has 2 aromatic rings. The summed E-state index contributed by atoms with van der Waals surface area (Å²) in [5.41, 5.74) is 0.468. The molecule has 0 saturated carbocycles. The Bertz CT molecular complexity index is 762. The van der Waals surface area contributed by atoms with E-state index in [1.807, 2.05) is 0 Å². The van der Waals surface area contributed by atoms with Crippen LogP contribution in [0.25, 0.3) is 6.08 Å². The summed E-state index contributed by atoms with van der Waals surface area (Å²) in [5.74, 6) is -0.906. The Morgan fingerprint density at radius 2 is 2.05 bits per heavy atom. The number of nitrogens with one attached hydrogen (secondary N) is 1. The van der Waals surface area contributed by atoms with E-state index in [1.165, 1.54) is 42.5 Å². The first kappa shape index (κ1) is 15.7. The van der Waals surface area contributed by atoms with E-state index in [0.29, 0.717) is 5.56 Å². The van der Waals surface area contributed by atoms with Crippen molar-refractivity contribution in [1.29, 1.82) is 0 Å². The summed E-state index contributed by atoms with van der Waals surface area (Å²) in [6.07, 6.45) is 2.64. The maximum Gasteiger partial charge on any atom is 0.289 e.